The van der Waals surface area contributed by atoms with Crippen LogP contribution >= 0.6 is 11.6 Å². The highest BCUT2D eigenvalue weighted by Crippen LogP contribution is 2.35. The van der Waals surface area contributed by atoms with Crippen molar-refractivity contribution in [3.8, 4) is 23.1 Å². The topological polar surface area (TPSA) is 68.6 Å². The molecule has 186 valence electrons. The standard InChI is InChI=1S/C27H33ClN4O3/c1-18-24(17-31(16-19-9-10-19)26(33)29-27(2,3)4)25(35-23-13-11-22(34-5)12-14-23)32(30-18)21-8-6-7-20(28)15-21/h6-8,11-15,19H,9-10,16-17H2,1-5H3,(H,29,33). The summed E-state index contributed by atoms with van der Waals surface area (Å²) in [6.07, 6.45) is 2.30. The number of carbonyl (C=O) groups excluding carboxylic acids is 1. The molecule has 0 saturated heterocycles. The van der Waals surface area contributed by atoms with Crippen LogP contribution in [0.5, 0.6) is 17.4 Å². The molecule has 1 aromatic heterocycles. The number of aryl methyl sites for hydroxylation is 1. The van der Waals surface area contributed by atoms with Gasteiger partial charge in [-0.15, -0.1) is 0 Å². The van der Waals surface area contributed by atoms with Crippen molar-refractivity contribution in [1.82, 2.24) is 20.0 Å². The molecule has 0 atom stereocenters. The van der Waals surface area contributed by atoms with Crippen molar-refractivity contribution in [2.45, 2.75) is 52.6 Å². The van der Waals surface area contributed by atoms with Crippen LogP contribution in [0.3, 0.4) is 0 Å². The molecular weight excluding hydrogens is 464 g/mol. The maximum Gasteiger partial charge on any atom is 0.318 e. The third-order valence-electron chi connectivity index (χ3n) is 5.76. The summed E-state index contributed by atoms with van der Waals surface area (Å²) in [7, 11) is 1.63. The van der Waals surface area contributed by atoms with Gasteiger partial charge in [0.2, 0.25) is 5.88 Å². The lowest BCUT2D eigenvalue weighted by Crippen LogP contribution is -2.48. The molecule has 1 heterocycles. The highest BCUT2D eigenvalue weighted by molar-refractivity contribution is 6.30. The van der Waals surface area contributed by atoms with E-state index in [-0.39, 0.29) is 11.6 Å². The average molecular weight is 497 g/mol. The summed E-state index contributed by atoms with van der Waals surface area (Å²) in [5.41, 5.74) is 2.09. The van der Waals surface area contributed by atoms with Crippen molar-refractivity contribution in [1.29, 1.82) is 0 Å². The number of benzene rings is 2. The number of ether oxygens (including phenoxy) is 2. The molecule has 0 aliphatic heterocycles. The summed E-state index contributed by atoms with van der Waals surface area (Å²) in [5, 5.41) is 8.50. The van der Waals surface area contributed by atoms with Crippen molar-refractivity contribution in [2.75, 3.05) is 13.7 Å². The largest absolute Gasteiger partial charge is 0.497 e. The first kappa shape index (κ1) is 24.9. The third-order valence-corrected chi connectivity index (χ3v) is 5.99. The minimum Gasteiger partial charge on any atom is -0.497 e. The molecule has 7 nitrogen and oxygen atoms in total. The van der Waals surface area contributed by atoms with Crippen LogP contribution in [0, 0.1) is 12.8 Å². The van der Waals surface area contributed by atoms with E-state index in [4.69, 9.17) is 26.2 Å². The van der Waals surface area contributed by atoms with Crippen LogP contribution in [-0.4, -0.2) is 39.9 Å². The first-order chi connectivity index (χ1) is 16.6. The Labute approximate surface area is 212 Å². The van der Waals surface area contributed by atoms with E-state index in [1.165, 1.54) is 0 Å². The number of hydrogen-bond acceptors (Lipinski definition) is 4. The molecule has 2 amide bonds. The van der Waals surface area contributed by atoms with Crippen LogP contribution in [0.25, 0.3) is 5.69 Å². The van der Waals surface area contributed by atoms with Gasteiger partial charge in [-0.2, -0.15) is 5.10 Å². The van der Waals surface area contributed by atoms with Gasteiger partial charge >= 0.3 is 6.03 Å². The quantitative estimate of drug-likeness (QED) is 0.394. The molecule has 0 bridgehead atoms. The predicted octanol–water partition coefficient (Wildman–Crippen LogP) is 6.36. The Hall–Kier alpha value is -3.19. The zero-order valence-corrected chi connectivity index (χ0v) is 21.7. The molecule has 0 spiro atoms. The number of rotatable bonds is 8. The maximum absolute atomic E-state index is 13.2. The summed E-state index contributed by atoms with van der Waals surface area (Å²) < 4.78 is 13.4. The van der Waals surface area contributed by atoms with E-state index in [1.54, 1.807) is 11.8 Å². The van der Waals surface area contributed by atoms with E-state index >= 15 is 0 Å². The molecule has 8 heteroatoms. The smallest absolute Gasteiger partial charge is 0.318 e. The number of hydrogen-bond donors (Lipinski definition) is 1. The zero-order chi connectivity index (χ0) is 25.2. The second-order valence-corrected chi connectivity index (χ2v) is 10.5. The van der Waals surface area contributed by atoms with Gasteiger partial charge in [0.15, 0.2) is 0 Å². The summed E-state index contributed by atoms with van der Waals surface area (Å²) >= 11 is 6.28. The van der Waals surface area contributed by atoms with Crippen LogP contribution in [0.15, 0.2) is 48.5 Å². The van der Waals surface area contributed by atoms with Crippen molar-refractivity contribution < 1.29 is 14.3 Å². The first-order valence-electron chi connectivity index (χ1n) is 11.9. The van der Waals surface area contributed by atoms with Gasteiger partial charge in [-0.3, -0.25) is 0 Å². The Balaban J connectivity index is 1.73. The molecule has 1 aliphatic rings. The van der Waals surface area contributed by atoms with Gasteiger partial charge in [0.1, 0.15) is 11.5 Å². The van der Waals surface area contributed by atoms with E-state index in [9.17, 15) is 4.79 Å². The number of nitrogens with zero attached hydrogens (tertiary/aromatic N) is 3. The SMILES string of the molecule is COc1ccc(Oc2c(CN(CC3CC3)C(=O)NC(C)(C)C)c(C)nn2-c2cccc(Cl)c2)cc1. The Kier molecular flexibility index (Phi) is 7.26. The van der Waals surface area contributed by atoms with Crippen molar-refractivity contribution in [3.63, 3.8) is 0 Å². The number of amides is 2. The lowest BCUT2D eigenvalue weighted by atomic mass is 10.1. The average Bonchev–Trinajstić information content (AvgIpc) is 3.57. The number of urea groups is 1. The second kappa shape index (κ2) is 10.2. The number of carbonyl (C=O) groups is 1. The third kappa shape index (κ3) is 6.48. The maximum atomic E-state index is 13.2. The molecule has 1 aliphatic carbocycles. The van der Waals surface area contributed by atoms with E-state index in [2.05, 4.69) is 5.32 Å². The molecule has 3 aromatic rings. The first-order valence-corrected chi connectivity index (χ1v) is 12.2. The molecule has 1 saturated carbocycles. The Morgan fingerprint density at radius 1 is 1.17 bits per heavy atom. The van der Waals surface area contributed by atoms with Gasteiger partial charge in [0.05, 0.1) is 30.6 Å². The molecule has 0 unspecified atom stereocenters. The van der Waals surface area contributed by atoms with Crippen molar-refractivity contribution in [2.24, 2.45) is 5.92 Å². The van der Waals surface area contributed by atoms with E-state index in [0.29, 0.717) is 35.7 Å². The summed E-state index contributed by atoms with van der Waals surface area (Å²) in [6, 6.07) is 14.8. The zero-order valence-electron chi connectivity index (χ0n) is 21.0. The van der Waals surface area contributed by atoms with Gasteiger partial charge in [-0.05, 0) is 88.9 Å². The van der Waals surface area contributed by atoms with Crippen molar-refractivity contribution >= 4 is 17.6 Å². The lowest BCUT2D eigenvalue weighted by molar-refractivity contribution is 0.183. The normalized spacial score (nSPS) is 13.4. The summed E-state index contributed by atoms with van der Waals surface area (Å²) in [6.45, 7) is 8.98. The molecule has 1 N–H and O–H groups in total. The summed E-state index contributed by atoms with van der Waals surface area (Å²) in [5.74, 6) is 2.48. The highest BCUT2D eigenvalue weighted by atomic mass is 35.5. The lowest BCUT2D eigenvalue weighted by Gasteiger charge is -2.28. The van der Waals surface area contributed by atoms with Gasteiger partial charge in [0, 0.05) is 17.1 Å². The van der Waals surface area contributed by atoms with Crippen LogP contribution in [0.2, 0.25) is 5.02 Å². The molecule has 2 aromatic carbocycles. The number of nitrogens with one attached hydrogen (secondary N) is 1. The van der Waals surface area contributed by atoms with Gasteiger partial charge in [0.25, 0.3) is 0 Å². The minimum atomic E-state index is -0.332. The van der Waals surface area contributed by atoms with E-state index in [0.717, 1.165) is 35.5 Å². The fourth-order valence-corrected chi connectivity index (χ4v) is 3.97. The Morgan fingerprint density at radius 2 is 1.86 bits per heavy atom. The Bertz CT molecular complexity index is 1180. The molecular formula is C27H33ClN4O3. The van der Waals surface area contributed by atoms with E-state index < -0.39 is 0 Å². The summed E-state index contributed by atoms with van der Waals surface area (Å²) in [4.78, 5) is 15.1. The fourth-order valence-electron chi connectivity index (χ4n) is 3.79. The molecule has 0 radical (unpaired) electrons. The fraction of sp³-hybridized carbons (Fsp3) is 0.407. The second-order valence-electron chi connectivity index (χ2n) is 10.0. The van der Waals surface area contributed by atoms with E-state index in [1.807, 2.05) is 81.1 Å². The highest BCUT2D eigenvalue weighted by Gasteiger charge is 2.30. The van der Waals surface area contributed by atoms with Crippen LogP contribution in [0.1, 0.15) is 44.9 Å². The van der Waals surface area contributed by atoms with Gasteiger partial charge < -0.3 is 19.7 Å². The Morgan fingerprint density at radius 3 is 2.46 bits per heavy atom. The van der Waals surface area contributed by atoms with Crippen LogP contribution < -0.4 is 14.8 Å². The minimum absolute atomic E-state index is 0.0882. The van der Waals surface area contributed by atoms with Gasteiger partial charge in [-0.1, -0.05) is 17.7 Å². The monoisotopic (exact) mass is 496 g/mol. The predicted molar refractivity (Wildman–Crippen MR) is 138 cm³/mol. The van der Waals surface area contributed by atoms with Gasteiger partial charge in [-0.25, -0.2) is 9.48 Å². The number of methoxy groups -OCH3 is 1. The number of halogens is 1. The van der Waals surface area contributed by atoms with Crippen LogP contribution in [0.4, 0.5) is 4.79 Å². The molecule has 1 fully saturated rings. The molecule has 35 heavy (non-hydrogen) atoms. The van der Waals surface area contributed by atoms with Crippen molar-refractivity contribution in [3.05, 3.63) is 64.8 Å². The van der Waals surface area contributed by atoms with Crippen LogP contribution in [-0.2, 0) is 6.54 Å². The molecule has 4 rings (SSSR count). The number of aromatic nitrogens is 2.